The summed E-state index contributed by atoms with van der Waals surface area (Å²) in [6, 6.07) is 15.4. The number of nitrogens with one attached hydrogen (secondary N) is 2. The van der Waals surface area contributed by atoms with Crippen LogP contribution in [0.5, 0.6) is 0 Å². The van der Waals surface area contributed by atoms with Crippen molar-refractivity contribution in [2.24, 2.45) is 0 Å². The van der Waals surface area contributed by atoms with Gasteiger partial charge in [0.05, 0.1) is 27.2 Å². The number of carbonyl (C=O) groups excluding carboxylic acids is 2. The van der Waals surface area contributed by atoms with E-state index in [9.17, 15) is 24.8 Å². The molecule has 0 aliphatic rings. The van der Waals surface area contributed by atoms with E-state index >= 15 is 0 Å². The first kappa shape index (κ1) is 20.2. The summed E-state index contributed by atoms with van der Waals surface area (Å²) in [6.45, 7) is -0.0934. The van der Waals surface area contributed by atoms with Crippen LogP contribution >= 0.6 is 11.3 Å². The number of aliphatic hydroxyl groups excluding tert-OH is 1. The molecule has 8 nitrogen and oxygen atoms in total. The van der Waals surface area contributed by atoms with Gasteiger partial charge < -0.3 is 15.7 Å². The van der Waals surface area contributed by atoms with Crippen LogP contribution in [0.1, 0.15) is 31.7 Å². The Morgan fingerprint density at radius 3 is 2.41 bits per heavy atom. The summed E-state index contributed by atoms with van der Waals surface area (Å²) < 4.78 is 0. The van der Waals surface area contributed by atoms with Gasteiger partial charge in [-0.2, -0.15) is 0 Å². The van der Waals surface area contributed by atoms with E-state index < -0.39 is 16.9 Å². The maximum absolute atomic E-state index is 12.6. The fourth-order valence-electron chi connectivity index (χ4n) is 2.60. The summed E-state index contributed by atoms with van der Waals surface area (Å²) >= 11 is 1.29. The lowest BCUT2D eigenvalue weighted by molar-refractivity contribution is -0.384. The maximum Gasteiger partial charge on any atom is 0.269 e. The Bertz CT molecular complexity index is 1020. The highest BCUT2D eigenvalue weighted by Gasteiger charge is 2.16. The van der Waals surface area contributed by atoms with Gasteiger partial charge >= 0.3 is 0 Å². The van der Waals surface area contributed by atoms with Crippen LogP contribution in [0.2, 0.25) is 0 Å². The number of thiophene rings is 1. The van der Waals surface area contributed by atoms with Crippen LogP contribution in [0.15, 0.2) is 66.0 Å². The molecule has 0 spiro atoms. The van der Waals surface area contributed by atoms with E-state index in [2.05, 4.69) is 10.6 Å². The standard InChI is InChI=1S/C20H17N3O5S/c24-17(13-7-9-14(10-8-13)23(27)28)12-21-19(25)15-4-1-2-5-16(15)22-20(26)18-6-3-11-29-18/h1-11,17,24H,12H2,(H,21,25)(H,22,26)/t17-/m1/s1. The number of nitrogens with zero attached hydrogens (tertiary/aromatic N) is 1. The van der Waals surface area contributed by atoms with Gasteiger partial charge in [-0.1, -0.05) is 18.2 Å². The second-order valence-electron chi connectivity index (χ2n) is 6.05. The Morgan fingerprint density at radius 2 is 1.76 bits per heavy atom. The zero-order valence-corrected chi connectivity index (χ0v) is 15.9. The number of hydrogen-bond acceptors (Lipinski definition) is 6. The van der Waals surface area contributed by atoms with Crippen LogP contribution < -0.4 is 10.6 Å². The highest BCUT2D eigenvalue weighted by molar-refractivity contribution is 7.12. The van der Waals surface area contributed by atoms with Crippen molar-refractivity contribution in [1.29, 1.82) is 0 Å². The second kappa shape index (κ2) is 9.09. The van der Waals surface area contributed by atoms with E-state index in [4.69, 9.17) is 0 Å². The molecule has 3 rings (SSSR count). The first-order valence-corrected chi connectivity index (χ1v) is 9.48. The van der Waals surface area contributed by atoms with Crippen molar-refractivity contribution in [1.82, 2.24) is 5.32 Å². The van der Waals surface area contributed by atoms with Crippen LogP contribution in [0, 0.1) is 10.1 Å². The lowest BCUT2D eigenvalue weighted by atomic mass is 10.1. The van der Waals surface area contributed by atoms with Gasteiger partial charge in [0.25, 0.3) is 17.5 Å². The number of carbonyl (C=O) groups is 2. The lowest BCUT2D eigenvalue weighted by Gasteiger charge is -2.14. The summed E-state index contributed by atoms with van der Waals surface area (Å²) in [5, 5.41) is 28.0. The summed E-state index contributed by atoms with van der Waals surface area (Å²) in [5.41, 5.74) is 0.970. The van der Waals surface area contributed by atoms with Crippen molar-refractivity contribution in [3.8, 4) is 0 Å². The molecular formula is C20H17N3O5S. The molecule has 3 N–H and O–H groups in total. The highest BCUT2D eigenvalue weighted by atomic mass is 32.1. The number of rotatable bonds is 7. The van der Waals surface area contributed by atoms with Crippen LogP contribution in [-0.2, 0) is 0 Å². The molecule has 0 aliphatic carbocycles. The van der Waals surface area contributed by atoms with E-state index in [0.717, 1.165) is 0 Å². The van der Waals surface area contributed by atoms with Gasteiger partial charge in [0.15, 0.2) is 0 Å². The highest BCUT2D eigenvalue weighted by Crippen LogP contribution is 2.20. The molecule has 0 radical (unpaired) electrons. The number of nitro groups is 1. The Labute approximate surface area is 170 Å². The molecule has 2 amide bonds. The van der Waals surface area contributed by atoms with Crippen molar-refractivity contribution >= 4 is 34.5 Å². The molecule has 1 aromatic heterocycles. The van der Waals surface area contributed by atoms with Gasteiger partial charge in [-0.25, -0.2) is 0 Å². The van der Waals surface area contributed by atoms with E-state index in [1.165, 1.54) is 35.6 Å². The lowest BCUT2D eigenvalue weighted by Crippen LogP contribution is -2.29. The van der Waals surface area contributed by atoms with E-state index in [1.54, 1.807) is 41.8 Å². The first-order chi connectivity index (χ1) is 14.0. The number of anilines is 1. The first-order valence-electron chi connectivity index (χ1n) is 8.60. The zero-order valence-electron chi connectivity index (χ0n) is 15.1. The van der Waals surface area contributed by atoms with Crippen molar-refractivity contribution in [3.05, 3.63) is 92.2 Å². The Balaban J connectivity index is 1.64. The van der Waals surface area contributed by atoms with Crippen molar-refractivity contribution in [2.45, 2.75) is 6.10 Å². The van der Waals surface area contributed by atoms with Crippen molar-refractivity contribution in [2.75, 3.05) is 11.9 Å². The molecule has 1 heterocycles. The van der Waals surface area contributed by atoms with Crippen LogP contribution in [0.4, 0.5) is 11.4 Å². The molecule has 0 saturated carbocycles. The number of benzene rings is 2. The topological polar surface area (TPSA) is 122 Å². The molecule has 0 bridgehead atoms. The molecule has 148 valence electrons. The molecule has 2 aromatic carbocycles. The van der Waals surface area contributed by atoms with Gasteiger partial charge in [-0.05, 0) is 41.3 Å². The Morgan fingerprint density at radius 1 is 1.03 bits per heavy atom. The van der Waals surface area contributed by atoms with E-state index in [-0.39, 0.29) is 23.7 Å². The molecule has 0 unspecified atom stereocenters. The fourth-order valence-corrected chi connectivity index (χ4v) is 3.22. The predicted octanol–water partition coefficient (Wildman–Crippen LogP) is 3.37. The molecule has 1 atom stereocenters. The molecule has 29 heavy (non-hydrogen) atoms. The third kappa shape index (κ3) is 5.03. The van der Waals surface area contributed by atoms with E-state index in [0.29, 0.717) is 16.1 Å². The smallest absolute Gasteiger partial charge is 0.269 e. The van der Waals surface area contributed by atoms with Gasteiger partial charge in [-0.3, -0.25) is 19.7 Å². The van der Waals surface area contributed by atoms with Gasteiger partial charge in [0.2, 0.25) is 0 Å². The molecule has 3 aromatic rings. The fraction of sp³-hybridized carbons (Fsp3) is 0.100. The summed E-state index contributed by atoms with van der Waals surface area (Å²) in [6.07, 6.45) is -1.03. The molecule has 0 saturated heterocycles. The number of non-ortho nitro benzene ring substituents is 1. The van der Waals surface area contributed by atoms with Gasteiger partial charge in [-0.15, -0.1) is 11.3 Å². The minimum Gasteiger partial charge on any atom is -0.387 e. The van der Waals surface area contributed by atoms with Crippen molar-refractivity contribution in [3.63, 3.8) is 0 Å². The normalized spacial score (nSPS) is 11.5. The second-order valence-corrected chi connectivity index (χ2v) is 7.00. The quantitative estimate of drug-likeness (QED) is 0.406. The average molecular weight is 411 g/mol. The minimum absolute atomic E-state index is 0.0830. The molecule has 0 aliphatic heterocycles. The van der Waals surface area contributed by atoms with E-state index in [1.807, 2.05) is 0 Å². The summed E-state index contributed by atoms with van der Waals surface area (Å²) in [4.78, 5) is 35.5. The number of nitro benzene ring substituents is 1. The third-order valence-corrected chi connectivity index (χ3v) is 4.98. The number of para-hydroxylation sites is 1. The Hall–Kier alpha value is -3.56. The average Bonchev–Trinajstić information content (AvgIpc) is 3.27. The van der Waals surface area contributed by atoms with Gasteiger partial charge in [0.1, 0.15) is 0 Å². The SMILES string of the molecule is O=C(Nc1ccccc1C(=O)NC[C@@H](O)c1ccc([N+](=O)[O-])cc1)c1cccs1. The third-order valence-electron chi connectivity index (χ3n) is 4.11. The van der Waals surface area contributed by atoms with Crippen LogP contribution in [0.25, 0.3) is 0 Å². The Kier molecular flexibility index (Phi) is 6.32. The van der Waals surface area contributed by atoms with Gasteiger partial charge in [0, 0.05) is 18.7 Å². The van der Waals surface area contributed by atoms with Crippen molar-refractivity contribution < 1.29 is 19.6 Å². The monoisotopic (exact) mass is 411 g/mol. The summed E-state index contributed by atoms with van der Waals surface area (Å²) in [5.74, 6) is -0.779. The predicted molar refractivity (Wildman–Crippen MR) is 109 cm³/mol. The molecule has 9 heteroatoms. The largest absolute Gasteiger partial charge is 0.387 e. The number of amides is 2. The number of aliphatic hydroxyl groups is 1. The minimum atomic E-state index is -1.03. The summed E-state index contributed by atoms with van der Waals surface area (Å²) in [7, 11) is 0. The van der Waals surface area contributed by atoms with Crippen LogP contribution in [-0.4, -0.2) is 28.4 Å². The van der Waals surface area contributed by atoms with Crippen LogP contribution in [0.3, 0.4) is 0 Å². The number of hydrogen-bond donors (Lipinski definition) is 3. The maximum atomic E-state index is 12.6. The molecule has 0 fully saturated rings. The molecular weight excluding hydrogens is 394 g/mol. The zero-order chi connectivity index (χ0) is 20.8.